The Kier molecular flexibility index (Phi) is 1.72. The fourth-order valence-electron chi connectivity index (χ4n) is 1.30. The molecule has 62 valence electrons. The molecule has 0 bridgehead atoms. The molecular weight excluding hydrogens is 142 g/mol. The molecule has 0 radical (unpaired) electrons. The number of rotatable bonds is 1. The minimum Gasteiger partial charge on any atom is -0.446 e. The number of amides is 1. The van der Waals surface area contributed by atoms with E-state index in [1.54, 1.807) is 4.90 Å². The van der Waals surface area contributed by atoms with Crippen LogP contribution in [-0.4, -0.2) is 30.2 Å². The van der Waals surface area contributed by atoms with Crippen molar-refractivity contribution in [2.75, 3.05) is 13.1 Å². The molecule has 1 aliphatic heterocycles. The summed E-state index contributed by atoms with van der Waals surface area (Å²) in [6.07, 6.45) is 4.58. The smallest absolute Gasteiger partial charge is 0.410 e. The van der Waals surface area contributed by atoms with Crippen LogP contribution in [0.1, 0.15) is 25.7 Å². The fourth-order valence-corrected chi connectivity index (χ4v) is 1.30. The highest BCUT2D eigenvalue weighted by molar-refractivity contribution is 5.68. The highest BCUT2D eigenvalue weighted by Gasteiger charge is 2.29. The summed E-state index contributed by atoms with van der Waals surface area (Å²) in [5.41, 5.74) is 0. The maximum absolute atomic E-state index is 11.2. The summed E-state index contributed by atoms with van der Waals surface area (Å²) < 4.78 is 5.13. The van der Waals surface area contributed by atoms with E-state index in [2.05, 4.69) is 0 Å². The van der Waals surface area contributed by atoms with Gasteiger partial charge in [-0.15, -0.1) is 0 Å². The van der Waals surface area contributed by atoms with Crippen LogP contribution < -0.4 is 0 Å². The van der Waals surface area contributed by atoms with Crippen LogP contribution in [0, 0.1) is 0 Å². The van der Waals surface area contributed by atoms with E-state index in [0.29, 0.717) is 0 Å². The topological polar surface area (TPSA) is 29.5 Å². The number of carbonyl (C=O) groups excluding carboxylic acids is 1. The predicted octanol–water partition coefficient (Wildman–Crippen LogP) is 1.38. The van der Waals surface area contributed by atoms with E-state index in [1.165, 1.54) is 0 Å². The highest BCUT2D eigenvalue weighted by Crippen LogP contribution is 2.24. The van der Waals surface area contributed by atoms with Gasteiger partial charge in [-0.05, 0) is 25.7 Å². The van der Waals surface area contributed by atoms with Crippen molar-refractivity contribution in [1.29, 1.82) is 0 Å². The van der Waals surface area contributed by atoms with Gasteiger partial charge in [-0.3, -0.25) is 0 Å². The standard InChI is InChI=1S/C8H13NO2/c10-8(11-7-3-4-7)9-5-1-2-6-9/h7H,1-6H2. The zero-order valence-corrected chi connectivity index (χ0v) is 6.58. The molecule has 1 amide bonds. The van der Waals surface area contributed by atoms with Crippen LogP contribution in [0.4, 0.5) is 4.79 Å². The van der Waals surface area contributed by atoms with Gasteiger partial charge in [0.05, 0.1) is 0 Å². The predicted molar refractivity (Wildman–Crippen MR) is 40.3 cm³/mol. The van der Waals surface area contributed by atoms with Crippen LogP contribution in [0.15, 0.2) is 0 Å². The quantitative estimate of drug-likeness (QED) is 0.572. The molecule has 11 heavy (non-hydrogen) atoms. The first-order valence-electron chi connectivity index (χ1n) is 4.32. The number of ether oxygens (including phenoxy) is 1. The van der Waals surface area contributed by atoms with Crippen LogP contribution in [-0.2, 0) is 4.74 Å². The SMILES string of the molecule is O=C(OC1CC1)N1CCCC1. The summed E-state index contributed by atoms with van der Waals surface area (Å²) in [7, 11) is 0. The van der Waals surface area contributed by atoms with Gasteiger partial charge in [0.2, 0.25) is 0 Å². The van der Waals surface area contributed by atoms with Gasteiger partial charge in [0.15, 0.2) is 0 Å². The average molecular weight is 155 g/mol. The van der Waals surface area contributed by atoms with E-state index >= 15 is 0 Å². The summed E-state index contributed by atoms with van der Waals surface area (Å²) in [5, 5.41) is 0. The third kappa shape index (κ3) is 1.64. The van der Waals surface area contributed by atoms with Crippen molar-refractivity contribution in [3.8, 4) is 0 Å². The first kappa shape index (κ1) is 6.95. The average Bonchev–Trinajstić information content (AvgIpc) is 2.67. The Morgan fingerprint density at radius 1 is 1.27 bits per heavy atom. The monoisotopic (exact) mass is 155 g/mol. The van der Waals surface area contributed by atoms with Gasteiger partial charge >= 0.3 is 6.09 Å². The van der Waals surface area contributed by atoms with Crippen molar-refractivity contribution in [3.63, 3.8) is 0 Å². The van der Waals surface area contributed by atoms with Crippen molar-refractivity contribution >= 4 is 6.09 Å². The summed E-state index contributed by atoms with van der Waals surface area (Å²) in [4.78, 5) is 13.0. The van der Waals surface area contributed by atoms with Gasteiger partial charge in [-0.1, -0.05) is 0 Å². The first-order chi connectivity index (χ1) is 5.36. The van der Waals surface area contributed by atoms with Gasteiger partial charge in [0.1, 0.15) is 6.10 Å². The van der Waals surface area contributed by atoms with E-state index in [-0.39, 0.29) is 12.2 Å². The summed E-state index contributed by atoms with van der Waals surface area (Å²) in [6.45, 7) is 1.79. The van der Waals surface area contributed by atoms with Crippen molar-refractivity contribution < 1.29 is 9.53 Å². The maximum atomic E-state index is 11.2. The number of hydrogen-bond acceptors (Lipinski definition) is 2. The van der Waals surface area contributed by atoms with E-state index in [4.69, 9.17) is 4.74 Å². The molecule has 0 aromatic carbocycles. The Labute approximate surface area is 66.3 Å². The normalized spacial score (nSPS) is 23.8. The van der Waals surface area contributed by atoms with Crippen LogP contribution in [0.5, 0.6) is 0 Å². The minimum atomic E-state index is -0.0926. The van der Waals surface area contributed by atoms with Crippen molar-refractivity contribution in [3.05, 3.63) is 0 Å². The molecule has 0 unspecified atom stereocenters. The van der Waals surface area contributed by atoms with Crippen molar-refractivity contribution in [2.24, 2.45) is 0 Å². The molecule has 1 aliphatic carbocycles. The second-order valence-corrected chi connectivity index (χ2v) is 3.28. The zero-order chi connectivity index (χ0) is 7.68. The fraction of sp³-hybridized carbons (Fsp3) is 0.875. The highest BCUT2D eigenvalue weighted by atomic mass is 16.6. The van der Waals surface area contributed by atoms with Crippen LogP contribution in [0.25, 0.3) is 0 Å². The number of carbonyl (C=O) groups is 1. The number of hydrogen-bond donors (Lipinski definition) is 0. The molecule has 0 spiro atoms. The molecule has 0 atom stereocenters. The van der Waals surface area contributed by atoms with Gasteiger partial charge in [-0.2, -0.15) is 0 Å². The molecular formula is C8H13NO2. The molecule has 0 aromatic heterocycles. The summed E-state index contributed by atoms with van der Waals surface area (Å²) >= 11 is 0. The van der Waals surface area contributed by atoms with Crippen LogP contribution in [0.2, 0.25) is 0 Å². The lowest BCUT2D eigenvalue weighted by Gasteiger charge is -2.14. The van der Waals surface area contributed by atoms with E-state index < -0.39 is 0 Å². The molecule has 2 rings (SSSR count). The van der Waals surface area contributed by atoms with E-state index in [9.17, 15) is 4.79 Å². The number of nitrogens with zero attached hydrogens (tertiary/aromatic N) is 1. The molecule has 2 aliphatic rings. The Hall–Kier alpha value is -0.730. The van der Waals surface area contributed by atoms with Crippen molar-refractivity contribution in [2.45, 2.75) is 31.8 Å². The lowest BCUT2D eigenvalue weighted by molar-refractivity contribution is 0.104. The van der Waals surface area contributed by atoms with Gasteiger partial charge in [0, 0.05) is 13.1 Å². The summed E-state index contributed by atoms with van der Waals surface area (Å²) in [5.74, 6) is 0. The second kappa shape index (κ2) is 2.72. The minimum absolute atomic E-state index is 0.0926. The van der Waals surface area contributed by atoms with Crippen LogP contribution >= 0.6 is 0 Å². The molecule has 1 saturated carbocycles. The lowest BCUT2D eigenvalue weighted by Crippen LogP contribution is -2.28. The first-order valence-corrected chi connectivity index (χ1v) is 4.32. The zero-order valence-electron chi connectivity index (χ0n) is 6.58. The molecule has 0 aromatic rings. The second-order valence-electron chi connectivity index (χ2n) is 3.28. The Bertz CT molecular complexity index is 159. The third-order valence-electron chi connectivity index (χ3n) is 2.16. The van der Waals surface area contributed by atoms with Gasteiger partial charge < -0.3 is 9.64 Å². The van der Waals surface area contributed by atoms with Crippen LogP contribution in [0.3, 0.4) is 0 Å². The maximum Gasteiger partial charge on any atom is 0.410 e. The Morgan fingerprint density at radius 3 is 2.45 bits per heavy atom. The molecule has 1 saturated heterocycles. The van der Waals surface area contributed by atoms with Gasteiger partial charge in [0.25, 0.3) is 0 Å². The molecule has 0 N–H and O–H groups in total. The molecule has 3 heteroatoms. The molecule has 3 nitrogen and oxygen atoms in total. The molecule has 1 heterocycles. The number of likely N-dealkylation sites (tertiary alicyclic amines) is 1. The summed E-state index contributed by atoms with van der Waals surface area (Å²) in [6, 6.07) is 0. The Morgan fingerprint density at radius 2 is 1.91 bits per heavy atom. The lowest BCUT2D eigenvalue weighted by atomic mass is 10.4. The van der Waals surface area contributed by atoms with Gasteiger partial charge in [-0.25, -0.2) is 4.79 Å². The third-order valence-corrected chi connectivity index (χ3v) is 2.16. The van der Waals surface area contributed by atoms with E-state index in [1.807, 2.05) is 0 Å². The Balaban J connectivity index is 1.77. The molecule has 2 fully saturated rings. The van der Waals surface area contributed by atoms with E-state index in [0.717, 1.165) is 38.8 Å². The largest absolute Gasteiger partial charge is 0.446 e. The van der Waals surface area contributed by atoms with Crippen molar-refractivity contribution in [1.82, 2.24) is 4.90 Å².